The molecule has 0 bridgehead atoms. The third-order valence-corrected chi connectivity index (χ3v) is 4.52. The van der Waals surface area contributed by atoms with E-state index in [2.05, 4.69) is 0 Å². The van der Waals surface area contributed by atoms with Crippen LogP contribution in [0.4, 0.5) is 5.69 Å². The zero-order valence-electron chi connectivity index (χ0n) is 17.6. The van der Waals surface area contributed by atoms with Crippen LogP contribution < -0.4 is 14.2 Å². The third kappa shape index (κ3) is 5.82. The molecule has 3 aromatic rings. The predicted molar refractivity (Wildman–Crippen MR) is 121 cm³/mol. The Morgan fingerprint density at radius 1 is 0.844 bits per heavy atom. The van der Waals surface area contributed by atoms with Crippen molar-refractivity contribution in [3.05, 3.63) is 112 Å². The van der Waals surface area contributed by atoms with Gasteiger partial charge in [-0.15, -0.1) is 0 Å². The molecule has 7 nitrogen and oxygen atoms in total. The van der Waals surface area contributed by atoms with E-state index in [-0.39, 0.29) is 11.4 Å². The first-order valence-corrected chi connectivity index (χ1v) is 9.63. The third-order valence-electron chi connectivity index (χ3n) is 4.52. The minimum absolute atomic E-state index is 0.0792. The van der Waals surface area contributed by atoms with E-state index in [1.807, 2.05) is 48.5 Å². The number of benzene rings is 3. The highest BCUT2D eigenvalue weighted by Gasteiger charge is 2.08. The molecule has 0 amide bonds. The fraction of sp³-hybridized carbons (Fsp3) is 0.0800. The van der Waals surface area contributed by atoms with Crippen LogP contribution in [-0.2, 0) is 4.79 Å². The quantitative estimate of drug-likeness (QED) is 0.122. The molecule has 0 N–H and O–H groups in total. The van der Waals surface area contributed by atoms with E-state index in [4.69, 9.17) is 14.2 Å². The SMILES string of the molecule is COc1cccc(C(=CC=CC(=O)Oc2ccc([N+](=O)[O-])cc2)c2cccc(OC)c2)c1. The Morgan fingerprint density at radius 2 is 1.41 bits per heavy atom. The molecular weight excluding hydrogens is 410 g/mol. The summed E-state index contributed by atoms with van der Waals surface area (Å²) in [5.74, 6) is 1.02. The fourth-order valence-corrected chi connectivity index (χ4v) is 2.95. The van der Waals surface area contributed by atoms with Crippen LogP contribution in [0.15, 0.2) is 91.0 Å². The van der Waals surface area contributed by atoms with Crippen molar-refractivity contribution >= 4 is 17.2 Å². The first-order chi connectivity index (χ1) is 15.5. The smallest absolute Gasteiger partial charge is 0.336 e. The number of methoxy groups -OCH3 is 2. The van der Waals surface area contributed by atoms with E-state index in [1.165, 1.54) is 30.3 Å². The predicted octanol–water partition coefficient (Wildman–Crippen LogP) is 5.21. The monoisotopic (exact) mass is 431 g/mol. The molecule has 3 aromatic carbocycles. The van der Waals surface area contributed by atoms with Crippen LogP contribution in [-0.4, -0.2) is 25.1 Å². The summed E-state index contributed by atoms with van der Waals surface area (Å²) in [7, 11) is 3.20. The fourth-order valence-electron chi connectivity index (χ4n) is 2.95. The number of ether oxygens (including phenoxy) is 3. The Bertz CT molecular complexity index is 1120. The highest BCUT2D eigenvalue weighted by atomic mass is 16.6. The summed E-state index contributed by atoms with van der Waals surface area (Å²) in [5.41, 5.74) is 2.56. The molecule has 0 aliphatic heterocycles. The first kappa shape index (κ1) is 22.3. The van der Waals surface area contributed by atoms with E-state index in [0.29, 0.717) is 11.5 Å². The second-order valence-corrected chi connectivity index (χ2v) is 6.58. The second kappa shape index (κ2) is 10.6. The number of allylic oxidation sites excluding steroid dienone is 2. The van der Waals surface area contributed by atoms with E-state index >= 15 is 0 Å². The number of nitrogens with zero attached hydrogens (tertiary/aromatic N) is 1. The molecule has 0 heterocycles. The number of esters is 1. The second-order valence-electron chi connectivity index (χ2n) is 6.58. The first-order valence-electron chi connectivity index (χ1n) is 9.63. The molecule has 0 aliphatic carbocycles. The number of hydrogen-bond donors (Lipinski definition) is 0. The normalized spacial score (nSPS) is 10.4. The Balaban J connectivity index is 1.85. The van der Waals surface area contributed by atoms with Crippen molar-refractivity contribution < 1.29 is 23.9 Å². The van der Waals surface area contributed by atoms with Crippen molar-refractivity contribution in [3.63, 3.8) is 0 Å². The van der Waals surface area contributed by atoms with Crippen LogP contribution in [0.25, 0.3) is 5.57 Å². The molecule has 32 heavy (non-hydrogen) atoms. The molecule has 0 spiro atoms. The van der Waals surface area contributed by atoms with E-state index in [0.717, 1.165) is 16.7 Å². The lowest BCUT2D eigenvalue weighted by Gasteiger charge is -2.11. The number of nitro benzene ring substituents is 1. The average molecular weight is 431 g/mol. The van der Waals surface area contributed by atoms with Crippen LogP contribution in [0, 0.1) is 10.1 Å². The molecule has 0 fully saturated rings. The van der Waals surface area contributed by atoms with Crippen LogP contribution in [0.1, 0.15) is 11.1 Å². The van der Waals surface area contributed by atoms with Crippen molar-refractivity contribution in [2.24, 2.45) is 0 Å². The highest BCUT2D eigenvalue weighted by molar-refractivity contribution is 5.86. The summed E-state index contributed by atoms with van der Waals surface area (Å²) < 4.78 is 15.9. The topological polar surface area (TPSA) is 87.9 Å². The van der Waals surface area contributed by atoms with E-state index in [9.17, 15) is 14.9 Å². The molecule has 0 saturated carbocycles. The molecule has 3 rings (SSSR count). The Kier molecular flexibility index (Phi) is 7.37. The molecule has 0 aliphatic rings. The lowest BCUT2D eigenvalue weighted by molar-refractivity contribution is -0.384. The lowest BCUT2D eigenvalue weighted by atomic mass is 9.97. The highest BCUT2D eigenvalue weighted by Crippen LogP contribution is 2.28. The molecule has 0 unspecified atom stereocenters. The molecule has 0 atom stereocenters. The van der Waals surface area contributed by atoms with Crippen LogP contribution in [0.3, 0.4) is 0 Å². The van der Waals surface area contributed by atoms with Gasteiger partial charge in [-0.25, -0.2) is 4.79 Å². The van der Waals surface area contributed by atoms with Gasteiger partial charge >= 0.3 is 5.97 Å². The van der Waals surface area contributed by atoms with Gasteiger partial charge in [0.1, 0.15) is 17.2 Å². The van der Waals surface area contributed by atoms with Crippen molar-refractivity contribution in [2.75, 3.05) is 14.2 Å². The molecular formula is C25H21NO6. The summed E-state index contributed by atoms with van der Waals surface area (Å²) >= 11 is 0. The van der Waals surface area contributed by atoms with Crippen molar-refractivity contribution in [3.8, 4) is 17.2 Å². The number of carbonyl (C=O) groups excluding carboxylic acids is 1. The van der Waals surface area contributed by atoms with Crippen LogP contribution in [0.2, 0.25) is 0 Å². The van der Waals surface area contributed by atoms with Crippen LogP contribution in [0.5, 0.6) is 17.2 Å². The molecule has 0 saturated heterocycles. The number of non-ortho nitro benzene ring substituents is 1. The maximum Gasteiger partial charge on any atom is 0.336 e. The van der Waals surface area contributed by atoms with Gasteiger partial charge in [-0.2, -0.15) is 0 Å². The van der Waals surface area contributed by atoms with Gasteiger partial charge in [0, 0.05) is 18.2 Å². The summed E-state index contributed by atoms with van der Waals surface area (Å²) in [6, 6.07) is 20.4. The zero-order chi connectivity index (χ0) is 22.9. The lowest BCUT2D eigenvalue weighted by Crippen LogP contribution is -2.03. The van der Waals surface area contributed by atoms with Gasteiger partial charge in [0.2, 0.25) is 0 Å². The number of nitro groups is 1. The summed E-state index contributed by atoms with van der Waals surface area (Å²) in [4.78, 5) is 22.4. The average Bonchev–Trinajstić information content (AvgIpc) is 2.82. The van der Waals surface area contributed by atoms with Crippen molar-refractivity contribution in [1.82, 2.24) is 0 Å². The summed E-state index contributed by atoms with van der Waals surface area (Å²) in [6.07, 6.45) is 4.66. The zero-order valence-corrected chi connectivity index (χ0v) is 17.6. The standard InChI is InChI=1S/C25H21NO6/c1-30-22-8-3-6-18(16-22)24(19-7-4-9-23(17-19)31-2)10-5-11-25(27)32-21-14-12-20(13-15-21)26(28)29/h3-17H,1-2H3. The van der Waals surface area contributed by atoms with Gasteiger partial charge in [-0.1, -0.05) is 36.4 Å². The number of rotatable bonds is 8. The van der Waals surface area contributed by atoms with Gasteiger partial charge in [-0.3, -0.25) is 10.1 Å². The van der Waals surface area contributed by atoms with E-state index < -0.39 is 10.9 Å². The Morgan fingerprint density at radius 3 is 1.91 bits per heavy atom. The number of carbonyl (C=O) groups is 1. The maximum atomic E-state index is 12.2. The molecule has 7 heteroatoms. The van der Waals surface area contributed by atoms with Gasteiger partial charge < -0.3 is 14.2 Å². The Hall–Kier alpha value is -4.39. The largest absolute Gasteiger partial charge is 0.497 e. The molecule has 162 valence electrons. The van der Waals surface area contributed by atoms with Gasteiger partial charge in [-0.05, 0) is 53.1 Å². The van der Waals surface area contributed by atoms with Gasteiger partial charge in [0.05, 0.1) is 19.1 Å². The van der Waals surface area contributed by atoms with Gasteiger partial charge in [0.25, 0.3) is 5.69 Å². The van der Waals surface area contributed by atoms with Crippen LogP contribution >= 0.6 is 0 Å². The minimum atomic E-state index is -0.606. The van der Waals surface area contributed by atoms with Crippen molar-refractivity contribution in [2.45, 2.75) is 0 Å². The summed E-state index contributed by atoms with van der Waals surface area (Å²) in [5, 5.41) is 10.7. The van der Waals surface area contributed by atoms with Crippen molar-refractivity contribution in [1.29, 1.82) is 0 Å². The minimum Gasteiger partial charge on any atom is -0.497 e. The van der Waals surface area contributed by atoms with Gasteiger partial charge in [0.15, 0.2) is 0 Å². The molecule has 0 aromatic heterocycles. The Labute approximate surface area is 185 Å². The maximum absolute atomic E-state index is 12.2. The molecule has 0 radical (unpaired) electrons. The van der Waals surface area contributed by atoms with E-state index in [1.54, 1.807) is 26.4 Å². The number of hydrogen-bond acceptors (Lipinski definition) is 6. The summed E-state index contributed by atoms with van der Waals surface area (Å²) in [6.45, 7) is 0.